The van der Waals surface area contributed by atoms with Crippen LogP contribution >= 0.6 is 0 Å². The lowest BCUT2D eigenvalue weighted by Crippen LogP contribution is -2.59. The number of β-amino-alcohol motifs (C(OH)–C–C–N with tert-alkyl or cyclic N) is 1. The molecule has 1 unspecified atom stereocenters. The predicted molar refractivity (Wildman–Crippen MR) is 60.4 cm³/mol. The van der Waals surface area contributed by atoms with Crippen LogP contribution < -0.4 is 0 Å². The Kier molecular flexibility index (Phi) is 3.59. The van der Waals surface area contributed by atoms with Crippen molar-refractivity contribution in [2.75, 3.05) is 19.6 Å². The Morgan fingerprint density at radius 1 is 1.21 bits per heavy atom. The van der Waals surface area contributed by atoms with Crippen LogP contribution in [0.25, 0.3) is 0 Å². The Bertz CT molecular complexity index is 177. The van der Waals surface area contributed by atoms with Crippen molar-refractivity contribution >= 4 is 0 Å². The summed E-state index contributed by atoms with van der Waals surface area (Å²) in [5, 5.41) is 9.93. The molecule has 0 aromatic rings. The topological polar surface area (TPSA) is 23.5 Å². The lowest BCUT2D eigenvalue weighted by atomic mass is 9.74. The molecule has 1 atom stereocenters. The zero-order valence-electron chi connectivity index (χ0n) is 10.1. The van der Waals surface area contributed by atoms with E-state index in [0.29, 0.717) is 5.41 Å². The van der Waals surface area contributed by atoms with Crippen molar-refractivity contribution in [2.45, 2.75) is 52.6 Å². The molecule has 2 nitrogen and oxygen atoms in total. The van der Waals surface area contributed by atoms with Crippen molar-refractivity contribution in [3.8, 4) is 0 Å². The third-order valence-electron chi connectivity index (χ3n) is 3.94. The minimum Gasteiger partial charge on any atom is -0.389 e. The third-order valence-corrected chi connectivity index (χ3v) is 3.94. The van der Waals surface area contributed by atoms with Gasteiger partial charge in [0.2, 0.25) is 0 Å². The van der Waals surface area contributed by atoms with Gasteiger partial charge in [-0.25, -0.2) is 0 Å². The molecule has 0 aromatic carbocycles. The van der Waals surface area contributed by atoms with Crippen LogP contribution in [0.2, 0.25) is 0 Å². The second-order valence-corrected chi connectivity index (χ2v) is 5.20. The minimum atomic E-state index is -0.492. The molecule has 0 saturated carbocycles. The van der Waals surface area contributed by atoms with Gasteiger partial charge in [0.15, 0.2) is 0 Å². The van der Waals surface area contributed by atoms with Gasteiger partial charge >= 0.3 is 0 Å². The number of hydrogen-bond acceptors (Lipinski definition) is 2. The summed E-state index contributed by atoms with van der Waals surface area (Å²) in [5.41, 5.74) is 0.0669. The van der Waals surface area contributed by atoms with E-state index in [1.807, 2.05) is 13.8 Å². The van der Waals surface area contributed by atoms with E-state index in [-0.39, 0.29) is 0 Å². The zero-order valence-corrected chi connectivity index (χ0v) is 10.1. The molecule has 1 heterocycles. The first-order valence-electron chi connectivity index (χ1n) is 5.91. The first-order chi connectivity index (χ1) is 6.47. The lowest BCUT2D eigenvalue weighted by Gasteiger charge is -2.51. The summed E-state index contributed by atoms with van der Waals surface area (Å²) in [6, 6.07) is 0. The Balaban J connectivity index is 2.34. The molecule has 0 aliphatic carbocycles. The molecule has 2 heteroatoms. The summed E-state index contributed by atoms with van der Waals surface area (Å²) in [7, 11) is 0. The van der Waals surface area contributed by atoms with Crippen LogP contribution in [0.1, 0.15) is 47.0 Å². The van der Waals surface area contributed by atoms with Crippen LogP contribution in [-0.2, 0) is 0 Å². The van der Waals surface area contributed by atoms with E-state index in [0.717, 1.165) is 13.0 Å². The maximum atomic E-state index is 9.93. The lowest BCUT2D eigenvalue weighted by molar-refractivity contribution is -0.0653. The summed E-state index contributed by atoms with van der Waals surface area (Å²) < 4.78 is 0. The van der Waals surface area contributed by atoms with Gasteiger partial charge in [-0.2, -0.15) is 0 Å². The van der Waals surface area contributed by atoms with Gasteiger partial charge in [0.1, 0.15) is 0 Å². The monoisotopic (exact) mass is 199 g/mol. The summed E-state index contributed by atoms with van der Waals surface area (Å²) >= 11 is 0. The zero-order chi connectivity index (χ0) is 10.8. The van der Waals surface area contributed by atoms with Crippen molar-refractivity contribution in [3.05, 3.63) is 0 Å². The number of nitrogens with zero attached hydrogens (tertiary/aromatic N) is 1. The van der Waals surface area contributed by atoms with Crippen LogP contribution in [0.5, 0.6) is 0 Å². The van der Waals surface area contributed by atoms with Crippen LogP contribution in [0.4, 0.5) is 0 Å². The average Bonchev–Trinajstić information content (AvgIpc) is 2.11. The SMILES string of the molecule is CCC(C)(O)CN1CC(CC)(CC)C1. The fourth-order valence-corrected chi connectivity index (χ4v) is 2.30. The van der Waals surface area contributed by atoms with Crippen molar-refractivity contribution in [2.24, 2.45) is 5.41 Å². The first-order valence-corrected chi connectivity index (χ1v) is 5.91. The van der Waals surface area contributed by atoms with Gasteiger partial charge in [0.25, 0.3) is 0 Å². The highest BCUT2D eigenvalue weighted by Gasteiger charge is 2.41. The normalized spacial score (nSPS) is 25.5. The van der Waals surface area contributed by atoms with E-state index in [4.69, 9.17) is 0 Å². The quantitative estimate of drug-likeness (QED) is 0.734. The van der Waals surface area contributed by atoms with Gasteiger partial charge in [0.05, 0.1) is 5.60 Å². The van der Waals surface area contributed by atoms with Gasteiger partial charge in [-0.1, -0.05) is 20.8 Å². The van der Waals surface area contributed by atoms with Gasteiger partial charge in [-0.3, -0.25) is 4.90 Å². The smallest absolute Gasteiger partial charge is 0.0743 e. The fourth-order valence-electron chi connectivity index (χ4n) is 2.30. The molecular formula is C12H25NO. The van der Waals surface area contributed by atoms with Gasteiger partial charge in [-0.05, 0) is 31.6 Å². The molecule has 84 valence electrons. The molecule has 0 spiro atoms. The van der Waals surface area contributed by atoms with E-state index in [1.54, 1.807) is 0 Å². The van der Waals surface area contributed by atoms with Gasteiger partial charge in [-0.15, -0.1) is 0 Å². The largest absolute Gasteiger partial charge is 0.389 e. The summed E-state index contributed by atoms with van der Waals surface area (Å²) in [5.74, 6) is 0. The van der Waals surface area contributed by atoms with Gasteiger partial charge in [0, 0.05) is 19.6 Å². The molecule has 1 fully saturated rings. The maximum Gasteiger partial charge on any atom is 0.0743 e. The average molecular weight is 199 g/mol. The molecule has 1 N–H and O–H groups in total. The van der Waals surface area contributed by atoms with Crippen molar-refractivity contribution in [1.29, 1.82) is 0 Å². The van der Waals surface area contributed by atoms with E-state index < -0.39 is 5.60 Å². The van der Waals surface area contributed by atoms with Gasteiger partial charge < -0.3 is 5.11 Å². The first kappa shape index (κ1) is 12.0. The van der Waals surface area contributed by atoms with E-state index in [9.17, 15) is 5.11 Å². The highest BCUT2D eigenvalue weighted by molar-refractivity contribution is 4.95. The summed E-state index contributed by atoms with van der Waals surface area (Å²) in [4.78, 5) is 2.39. The predicted octanol–water partition coefficient (Wildman–Crippen LogP) is 2.27. The molecule has 0 bridgehead atoms. The Morgan fingerprint density at radius 3 is 2.07 bits per heavy atom. The molecule has 14 heavy (non-hydrogen) atoms. The Morgan fingerprint density at radius 2 is 1.71 bits per heavy atom. The molecule has 1 aliphatic heterocycles. The Labute approximate surface area is 88.3 Å². The highest BCUT2D eigenvalue weighted by Crippen LogP contribution is 2.37. The van der Waals surface area contributed by atoms with Crippen molar-refractivity contribution < 1.29 is 5.11 Å². The van der Waals surface area contributed by atoms with Crippen LogP contribution in [0.3, 0.4) is 0 Å². The Hall–Kier alpha value is -0.0800. The van der Waals surface area contributed by atoms with Crippen LogP contribution in [0.15, 0.2) is 0 Å². The molecule has 1 saturated heterocycles. The molecule has 0 aromatic heterocycles. The molecule has 0 amide bonds. The molecular weight excluding hydrogens is 174 g/mol. The fraction of sp³-hybridized carbons (Fsp3) is 1.00. The second kappa shape index (κ2) is 4.19. The number of hydrogen-bond donors (Lipinski definition) is 1. The van der Waals surface area contributed by atoms with E-state index in [1.165, 1.54) is 25.9 Å². The standard InChI is InChI=1S/C12H25NO/c1-5-11(4,14)8-13-9-12(6-2,7-3)10-13/h14H,5-10H2,1-4H3. The van der Waals surface area contributed by atoms with Crippen LogP contribution in [0, 0.1) is 5.41 Å². The molecule has 1 aliphatic rings. The number of rotatable bonds is 5. The molecule has 0 radical (unpaired) electrons. The van der Waals surface area contributed by atoms with E-state index in [2.05, 4.69) is 18.7 Å². The van der Waals surface area contributed by atoms with E-state index >= 15 is 0 Å². The maximum absolute atomic E-state index is 9.93. The summed E-state index contributed by atoms with van der Waals surface area (Å²) in [6.07, 6.45) is 3.39. The van der Waals surface area contributed by atoms with Crippen LogP contribution in [-0.4, -0.2) is 35.2 Å². The summed E-state index contributed by atoms with van der Waals surface area (Å²) in [6.45, 7) is 11.7. The van der Waals surface area contributed by atoms with Crippen molar-refractivity contribution in [3.63, 3.8) is 0 Å². The number of aliphatic hydroxyl groups is 1. The van der Waals surface area contributed by atoms with Crippen molar-refractivity contribution in [1.82, 2.24) is 4.90 Å². The second-order valence-electron chi connectivity index (χ2n) is 5.20. The highest BCUT2D eigenvalue weighted by atomic mass is 16.3. The third kappa shape index (κ3) is 2.48. The minimum absolute atomic E-state index is 0.492. The molecule has 1 rings (SSSR count). The number of likely N-dealkylation sites (tertiary alicyclic amines) is 1.